The van der Waals surface area contributed by atoms with Crippen LogP contribution in [0.15, 0.2) is 42.5 Å². The van der Waals surface area contributed by atoms with E-state index < -0.39 is 27.8 Å². The van der Waals surface area contributed by atoms with E-state index in [-0.39, 0.29) is 53.9 Å². The lowest BCUT2D eigenvalue weighted by molar-refractivity contribution is -0.385. The molecule has 1 heterocycles. The number of ether oxygens (including phenoxy) is 1. The summed E-state index contributed by atoms with van der Waals surface area (Å²) in [6.07, 6.45) is 1.23. The van der Waals surface area contributed by atoms with Gasteiger partial charge in [-0.05, 0) is 37.3 Å². The van der Waals surface area contributed by atoms with Gasteiger partial charge in [-0.2, -0.15) is 0 Å². The normalized spacial score (nSPS) is 15.9. The SMILES string of the molecule is CCOC(=O)C[C@H](CCC[C@H]1NC(=O)c2cc([N+](=O)[O-])ccc2N(C)C1=O)c1ccc([N+](=O)[O-])cc1. The Kier molecular flexibility index (Phi) is 8.30. The lowest BCUT2D eigenvalue weighted by Crippen LogP contribution is -2.44. The molecule has 0 saturated heterocycles. The molecular formula is C24H26N4O8. The number of esters is 1. The van der Waals surface area contributed by atoms with Crippen molar-refractivity contribution in [1.29, 1.82) is 0 Å². The van der Waals surface area contributed by atoms with E-state index in [1.54, 1.807) is 19.1 Å². The first-order valence-corrected chi connectivity index (χ1v) is 11.4. The molecule has 2 aromatic carbocycles. The zero-order chi connectivity index (χ0) is 26.4. The van der Waals surface area contributed by atoms with Crippen molar-refractivity contribution >= 4 is 34.8 Å². The molecule has 12 nitrogen and oxygen atoms in total. The molecule has 0 fully saturated rings. The lowest BCUT2D eigenvalue weighted by Gasteiger charge is -2.22. The Hall–Kier alpha value is -4.35. The number of rotatable bonds is 10. The lowest BCUT2D eigenvalue weighted by atomic mass is 9.89. The summed E-state index contributed by atoms with van der Waals surface area (Å²) in [7, 11) is 1.50. The maximum absolute atomic E-state index is 13.0. The van der Waals surface area contributed by atoms with Gasteiger partial charge < -0.3 is 15.0 Å². The highest BCUT2D eigenvalue weighted by Crippen LogP contribution is 2.30. The van der Waals surface area contributed by atoms with Crippen LogP contribution in [0.1, 0.15) is 54.4 Å². The van der Waals surface area contributed by atoms with Gasteiger partial charge in [0.1, 0.15) is 6.04 Å². The molecule has 0 saturated carbocycles. The number of likely N-dealkylation sites (N-methyl/N-ethyl adjacent to an activating group) is 1. The average molecular weight is 498 g/mol. The Balaban J connectivity index is 1.73. The molecule has 2 amide bonds. The van der Waals surface area contributed by atoms with E-state index in [1.165, 1.54) is 36.2 Å². The largest absolute Gasteiger partial charge is 0.466 e. The van der Waals surface area contributed by atoms with Gasteiger partial charge in [-0.25, -0.2) is 0 Å². The third-order valence-electron chi connectivity index (χ3n) is 6.07. The van der Waals surface area contributed by atoms with Crippen molar-refractivity contribution in [1.82, 2.24) is 5.32 Å². The number of carbonyl (C=O) groups is 3. The van der Waals surface area contributed by atoms with Crippen molar-refractivity contribution in [3.05, 3.63) is 73.8 Å². The highest BCUT2D eigenvalue weighted by molar-refractivity contribution is 6.11. The zero-order valence-corrected chi connectivity index (χ0v) is 19.8. The predicted molar refractivity (Wildman–Crippen MR) is 129 cm³/mol. The molecule has 0 aliphatic carbocycles. The van der Waals surface area contributed by atoms with Crippen LogP contribution in [0.4, 0.5) is 17.1 Å². The maximum Gasteiger partial charge on any atom is 0.306 e. The van der Waals surface area contributed by atoms with Crippen LogP contribution in [0, 0.1) is 20.2 Å². The van der Waals surface area contributed by atoms with Crippen LogP contribution in [-0.2, 0) is 14.3 Å². The van der Waals surface area contributed by atoms with Gasteiger partial charge in [0.15, 0.2) is 0 Å². The fourth-order valence-corrected chi connectivity index (χ4v) is 4.20. The van der Waals surface area contributed by atoms with Crippen molar-refractivity contribution in [2.75, 3.05) is 18.6 Å². The van der Waals surface area contributed by atoms with Gasteiger partial charge >= 0.3 is 5.97 Å². The first-order chi connectivity index (χ1) is 17.1. The second-order valence-electron chi connectivity index (χ2n) is 8.37. The molecule has 2 aromatic rings. The first-order valence-electron chi connectivity index (χ1n) is 11.4. The van der Waals surface area contributed by atoms with Crippen molar-refractivity contribution in [2.24, 2.45) is 0 Å². The molecule has 190 valence electrons. The van der Waals surface area contributed by atoms with Crippen LogP contribution in [0.2, 0.25) is 0 Å². The number of nitro groups is 2. The monoisotopic (exact) mass is 498 g/mol. The fraction of sp³-hybridized carbons (Fsp3) is 0.375. The Morgan fingerprint density at radius 1 is 1.08 bits per heavy atom. The number of benzene rings is 2. The quantitative estimate of drug-likeness (QED) is 0.296. The number of nitrogens with one attached hydrogen (secondary N) is 1. The Labute approximate surface area is 206 Å². The second-order valence-corrected chi connectivity index (χ2v) is 8.37. The van der Waals surface area contributed by atoms with E-state index in [0.29, 0.717) is 12.8 Å². The van der Waals surface area contributed by atoms with E-state index in [2.05, 4.69) is 5.32 Å². The Bertz CT molecular complexity index is 1180. The van der Waals surface area contributed by atoms with Crippen LogP contribution in [-0.4, -0.2) is 47.3 Å². The Morgan fingerprint density at radius 2 is 1.72 bits per heavy atom. The van der Waals surface area contributed by atoms with Crippen LogP contribution >= 0.6 is 0 Å². The number of non-ortho nitro benzene ring substituents is 2. The summed E-state index contributed by atoms with van der Waals surface area (Å²) in [5.74, 6) is -1.67. The van der Waals surface area contributed by atoms with Gasteiger partial charge in [-0.15, -0.1) is 0 Å². The summed E-state index contributed by atoms with van der Waals surface area (Å²) in [4.78, 5) is 60.2. The highest BCUT2D eigenvalue weighted by atomic mass is 16.6. The van der Waals surface area contributed by atoms with Crippen LogP contribution < -0.4 is 10.2 Å². The number of fused-ring (bicyclic) bond motifs is 1. The molecule has 1 aliphatic heterocycles. The molecule has 3 rings (SSSR count). The molecule has 0 bridgehead atoms. The number of nitrogens with zero attached hydrogens (tertiary/aromatic N) is 3. The van der Waals surface area contributed by atoms with E-state index in [9.17, 15) is 34.6 Å². The number of nitro benzene ring substituents is 2. The zero-order valence-electron chi connectivity index (χ0n) is 19.8. The third kappa shape index (κ3) is 6.01. The summed E-state index contributed by atoms with van der Waals surface area (Å²) in [6, 6.07) is 8.81. The average Bonchev–Trinajstić information content (AvgIpc) is 2.94. The molecule has 0 aromatic heterocycles. The number of hydrogen-bond acceptors (Lipinski definition) is 8. The van der Waals surface area contributed by atoms with Crippen molar-refractivity contribution in [3.63, 3.8) is 0 Å². The van der Waals surface area contributed by atoms with Gasteiger partial charge in [0.25, 0.3) is 17.3 Å². The van der Waals surface area contributed by atoms with Gasteiger partial charge in [-0.1, -0.05) is 18.6 Å². The van der Waals surface area contributed by atoms with E-state index in [4.69, 9.17) is 4.74 Å². The third-order valence-corrected chi connectivity index (χ3v) is 6.07. The summed E-state index contributed by atoms with van der Waals surface area (Å²) in [6.45, 7) is 1.92. The minimum atomic E-state index is -0.867. The number of amides is 2. The highest BCUT2D eigenvalue weighted by Gasteiger charge is 2.33. The van der Waals surface area contributed by atoms with Gasteiger partial charge in [0.05, 0.1) is 34.1 Å². The predicted octanol–water partition coefficient (Wildman–Crippen LogP) is 3.49. The molecular weight excluding hydrogens is 472 g/mol. The molecule has 0 unspecified atom stereocenters. The molecule has 12 heteroatoms. The topological polar surface area (TPSA) is 162 Å². The van der Waals surface area contributed by atoms with E-state index >= 15 is 0 Å². The Morgan fingerprint density at radius 3 is 2.33 bits per heavy atom. The molecule has 1 N–H and O–H groups in total. The maximum atomic E-state index is 13.0. The van der Waals surface area contributed by atoms with Crippen LogP contribution in [0.3, 0.4) is 0 Å². The van der Waals surface area contributed by atoms with E-state index in [1.807, 2.05) is 0 Å². The van der Waals surface area contributed by atoms with Crippen molar-refractivity contribution in [2.45, 2.75) is 44.6 Å². The second kappa shape index (κ2) is 11.4. The molecule has 36 heavy (non-hydrogen) atoms. The minimum Gasteiger partial charge on any atom is -0.466 e. The first kappa shape index (κ1) is 26.3. The summed E-state index contributed by atoms with van der Waals surface area (Å²) < 4.78 is 5.06. The van der Waals surface area contributed by atoms with Gasteiger partial charge in [0, 0.05) is 31.3 Å². The minimum absolute atomic E-state index is 0.0358. The van der Waals surface area contributed by atoms with Gasteiger partial charge in [0.2, 0.25) is 5.91 Å². The van der Waals surface area contributed by atoms with Crippen molar-refractivity contribution < 1.29 is 29.0 Å². The summed E-state index contributed by atoms with van der Waals surface area (Å²) >= 11 is 0. The summed E-state index contributed by atoms with van der Waals surface area (Å²) in [5.41, 5.74) is 0.711. The fourth-order valence-electron chi connectivity index (χ4n) is 4.20. The molecule has 1 aliphatic rings. The number of anilines is 1. The van der Waals surface area contributed by atoms with Crippen molar-refractivity contribution in [3.8, 4) is 0 Å². The molecule has 2 atom stereocenters. The van der Waals surface area contributed by atoms with Crippen LogP contribution in [0.5, 0.6) is 0 Å². The molecule has 0 spiro atoms. The number of hydrogen-bond donors (Lipinski definition) is 1. The summed E-state index contributed by atoms with van der Waals surface area (Å²) in [5, 5.41) is 24.7. The standard InChI is InChI=1S/C24H26N4O8/c1-3-36-22(29)13-16(15-7-9-17(10-8-15)27(32)33)5-4-6-20-24(31)26(2)21-12-11-18(28(34)35)14-19(21)23(30)25-20/h7-12,14,16,20H,3-6,13H2,1-2H3,(H,25,30)/t16-,20+/m0/s1. The van der Waals surface area contributed by atoms with Crippen LogP contribution in [0.25, 0.3) is 0 Å². The van der Waals surface area contributed by atoms with Gasteiger partial charge in [-0.3, -0.25) is 34.6 Å². The smallest absolute Gasteiger partial charge is 0.306 e. The molecule has 0 radical (unpaired) electrons. The number of carbonyl (C=O) groups excluding carboxylic acids is 3. The van der Waals surface area contributed by atoms with E-state index in [0.717, 1.165) is 11.6 Å².